The van der Waals surface area contributed by atoms with Gasteiger partial charge in [0.1, 0.15) is 18.2 Å². The predicted octanol–water partition coefficient (Wildman–Crippen LogP) is 1.72. The van der Waals surface area contributed by atoms with Crippen molar-refractivity contribution in [3.63, 3.8) is 0 Å². The highest BCUT2D eigenvalue weighted by atomic mass is 32.2. The lowest BCUT2D eigenvalue weighted by Crippen LogP contribution is -2.38. The Morgan fingerprint density at radius 2 is 2.08 bits per heavy atom. The highest BCUT2D eigenvalue weighted by Gasteiger charge is 2.34. The molecule has 3 rings (SSSR count). The molecule has 0 spiro atoms. The summed E-state index contributed by atoms with van der Waals surface area (Å²) in [5, 5.41) is 7.20. The standard InChI is InChI=1S/C16H21FN4O3S/c1-20(2)25(22,23)21-8-7-12(10-21)16-9-14(18-19-16)11-24-15-5-3-13(17)4-6-15/h3-6,9,12H,7-8,10-11H2,1-2H3,(H,18,19)/t12-/m1/s1. The predicted molar refractivity (Wildman–Crippen MR) is 90.9 cm³/mol. The van der Waals surface area contributed by atoms with Crippen molar-refractivity contribution in [2.24, 2.45) is 0 Å². The van der Waals surface area contributed by atoms with Gasteiger partial charge in [0.25, 0.3) is 10.2 Å². The van der Waals surface area contributed by atoms with Crippen molar-refractivity contribution < 1.29 is 17.5 Å². The van der Waals surface area contributed by atoms with Crippen LogP contribution in [0.3, 0.4) is 0 Å². The van der Waals surface area contributed by atoms with Gasteiger partial charge in [-0.3, -0.25) is 5.10 Å². The van der Waals surface area contributed by atoms with Gasteiger partial charge in [-0.1, -0.05) is 0 Å². The third-order valence-corrected chi connectivity index (χ3v) is 6.12. The van der Waals surface area contributed by atoms with Gasteiger partial charge in [0.2, 0.25) is 0 Å². The lowest BCUT2D eigenvalue weighted by Gasteiger charge is -2.20. The average molecular weight is 368 g/mol. The van der Waals surface area contributed by atoms with Crippen LogP contribution in [0.25, 0.3) is 0 Å². The van der Waals surface area contributed by atoms with E-state index in [4.69, 9.17) is 4.74 Å². The monoisotopic (exact) mass is 368 g/mol. The van der Waals surface area contributed by atoms with Gasteiger partial charge in [-0.15, -0.1) is 0 Å². The quantitative estimate of drug-likeness (QED) is 0.842. The molecule has 1 saturated heterocycles. The number of aromatic amines is 1. The molecule has 0 aliphatic carbocycles. The van der Waals surface area contributed by atoms with Crippen molar-refractivity contribution >= 4 is 10.2 Å². The third kappa shape index (κ3) is 4.00. The smallest absolute Gasteiger partial charge is 0.281 e. The summed E-state index contributed by atoms with van der Waals surface area (Å²) in [4.78, 5) is 0. The zero-order chi connectivity index (χ0) is 18.0. The maximum Gasteiger partial charge on any atom is 0.281 e. The molecule has 0 amide bonds. The van der Waals surface area contributed by atoms with E-state index in [0.717, 1.165) is 17.8 Å². The maximum atomic E-state index is 12.9. The molecule has 1 aliphatic heterocycles. The fourth-order valence-electron chi connectivity index (χ4n) is 2.76. The molecule has 7 nitrogen and oxygen atoms in total. The highest BCUT2D eigenvalue weighted by molar-refractivity contribution is 7.86. The van der Waals surface area contributed by atoms with Crippen molar-refractivity contribution in [3.8, 4) is 5.75 Å². The number of ether oxygens (including phenoxy) is 1. The summed E-state index contributed by atoms with van der Waals surface area (Å²) in [6, 6.07) is 7.69. The molecule has 1 atom stereocenters. The van der Waals surface area contributed by atoms with E-state index in [1.165, 1.54) is 34.8 Å². The molecular weight excluding hydrogens is 347 g/mol. The lowest BCUT2D eigenvalue weighted by atomic mass is 10.1. The summed E-state index contributed by atoms with van der Waals surface area (Å²) in [6.07, 6.45) is 0.732. The largest absolute Gasteiger partial charge is 0.487 e. The molecule has 1 aromatic carbocycles. The maximum absolute atomic E-state index is 12.9. The van der Waals surface area contributed by atoms with Gasteiger partial charge in [-0.2, -0.15) is 22.1 Å². The zero-order valence-corrected chi connectivity index (χ0v) is 15.0. The Labute approximate surface area is 146 Å². The van der Waals surface area contributed by atoms with Crippen LogP contribution in [0, 0.1) is 5.82 Å². The van der Waals surface area contributed by atoms with Crippen LogP contribution in [0.2, 0.25) is 0 Å². The molecule has 1 fully saturated rings. The van der Waals surface area contributed by atoms with Gasteiger partial charge in [-0.05, 0) is 36.8 Å². The molecule has 2 aromatic rings. The summed E-state index contributed by atoms with van der Waals surface area (Å²) in [7, 11) is -0.327. The topological polar surface area (TPSA) is 78.5 Å². The lowest BCUT2D eigenvalue weighted by molar-refractivity contribution is 0.300. The van der Waals surface area contributed by atoms with Crippen LogP contribution in [0.5, 0.6) is 5.75 Å². The van der Waals surface area contributed by atoms with Gasteiger partial charge >= 0.3 is 0 Å². The Morgan fingerprint density at radius 3 is 2.76 bits per heavy atom. The van der Waals surface area contributed by atoms with E-state index in [2.05, 4.69) is 10.2 Å². The first-order valence-electron chi connectivity index (χ1n) is 7.96. The number of benzene rings is 1. The van der Waals surface area contributed by atoms with Crippen LogP contribution >= 0.6 is 0 Å². The van der Waals surface area contributed by atoms with E-state index >= 15 is 0 Å². The van der Waals surface area contributed by atoms with Crippen molar-refractivity contribution in [1.29, 1.82) is 0 Å². The van der Waals surface area contributed by atoms with Gasteiger partial charge in [0.15, 0.2) is 0 Å². The number of hydrogen-bond donors (Lipinski definition) is 1. The minimum absolute atomic E-state index is 0.0607. The molecule has 0 saturated carbocycles. The first kappa shape index (κ1) is 17.8. The Bertz CT molecular complexity index is 820. The van der Waals surface area contributed by atoms with Crippen molar-refractivity contribution in [3.05, 3.63) is 47.5 Å². The van der Waals surface area contributed by atoms with E-state index in [0.29, 0.717) is 18.8 Å². The second kappa shape index (κ2) is 7.11. The number of nitrogens with zero attached hydrogens (tertiary/aromatic N) is 3. The number of halogens is 1. The van der Waals surface area contributed by atoms with Gasteiger partial charge in [0, 0.05) is 33.1 Å². The fourth-order valence-corrected chi connectivity index (χ4v) is 3.93. The van der Waals surface area contributed by atoms with Crippen LogP contribution in [0.1, 0.15) is 23.7 Å². The summed E-state index contributed by atoms with van der Waals surface area (Å²) >= 11 is 0. The molecule has 0 radical (unpaired) electrons. The Morgan fingerprint density at radius 1 is 1.36 bits per heavy atom. The summed E-state index contributed by atoms with van der Waals surface area (Å²) < 4.78 is 45.5. The zero-order valence-electron chi connectivity index (χ0n) is 14.1. The minimum atomic E-state index is -3.39. The number of aromatic nitrogens is 2. The first-order valence-corrected chi connectivity index (χ1v) is 9.36. The molecule has 136 valence electrons. The number of nitrogens with one attached hydrogen (secondary N) is 1. The van der Waals surface area contributed by atoms with Crippen LogP contribution in [-0.2, 0) is 16.8 Å². The molecule has 25 heavy (non-hydrogen) atoms. The van der Waals surface area contributed by atoms with E-state index < -0.39 is 10.2 Å². The van der Waals surface area contributed by atoms with E-state index in [1.807, 2.05) is 6.07 Å². The van der Waals surface area contributed by atoms with E-state index in [1.54, 1.807) is 12.1 Å². The SMILES string of the molecule is CN(C)S(=O)(=O)N1CC[C@@H](c2cc(COc3ccc(F)cc3)[nH]n2)C1. The molecule has 9 heteroatoms. The highest BCUT2D eigenvalue weighted by Crippen LogP contribution is 2.28. The Balaban J connectivity index is 1.59. The summed E-state index contributed by atoms with van der Waals surface area (Å²) in [5.41, 5.74) is 1.61. The summed E-state index contributed by atoms with van der Waals surface area (Å²) in [5.74, 6) is 0.321. The molecule has 0 bridgehead atoms. The number of hydrogen-bond acceptors (Lipinski definition) is 4. The van der Waals surface area contributed by atoms with E-state index in [9.17, 15) is 12.8 Å². The second-order valence-electron chi connectivity index (χ2n) is 6.19. The Hall–Kier alpha value is -1.97. The molecule has 1 N–H and O–H groups in total. The van der Waals surface area contributed by atoms with Gasteiger partial charge < -0.3 is 4.74 Å². The number of rotatable bonds is 6. The van der Waals surface area contributed by atoms with Gasteiger partial charge in [-0.25, -0.2) is 4.39 Å². The van der Waals surface area contributed by atoms with Crippen molar-refractivity contribution in [2.75, 3.05) is 27.2 Å². The van der Waals surface area contributed by atoms with Crippen LogP contribution in [-0.4, -0.2) is 54.4 Å². The minimum Gasteiger partial charge on any atom is -0.487 e. The summed E-state index contributed by atoms with van der Waals surface area (Å²) in [6.45, 7) is 1.19. The van der Waals surface area contributed by atoms with Crippen molar-refractivity contribution in [1.82, 2.24) is 18.8 Å². The fraction of sp³-hybridized carbons (Fsp3) is 0.438. The normalized spacial score (nSPS) is 18.8. The third-order valence-electron chi connectivity index (χ3n) is 4.22. The molecular formula is C16H21FN4O3S. The molecule has 0 unspecified atom stereocenters. The van der Waals surface area contributed by atoms with Crippen LogP contribution in [0.15, 0.2) is 30.3 Å². The molecule has 2 heterocycles. The first-order chi connectivity index (χ1) is 11.9. The van der Waals surface area contributed by atoms with Crippen LogP contribution in [0.4, 0.5) is 4.39 Å². The van der Waals surface area contributed by atoms with Crippen LogP contribution < -0.4 is 4.74 Å². The molecule has 1 aliphatic rings. The second-order valence-corrected chi connectivity index (χ2v) is 8.34. The molecule has 1 aromatic heterocycles. The van der Waals surface area contributed by atoms with E-state index in [-0.39, 0.29) is 18.3 Å². The average Bonchev–Trinajstić information content (AvgIpc) is 3.23. The van der Waals surface area contributed by atoms with Gasteiger partial charge in [0.05, 0.1) is 11.4 Å². The van der Waals surface area contributed by atoms with Crippen molar-refractivity contribution in [2.45, 2.75) is 18.9 Å². The Kier molecular flexibility index (Phi) is 5.07. The number of H-pyrrole nitrogens is 1.